The summed E-state index contributed by atoms with van der Waals surface area (Å²) < 4.78 is 11.3. The molecule has 4 nitrogen and oxygen atoms in total. The van der Waals surface area contributed by atoms with E-state index in [2.05, 4.69) is 11.8 Å². The minimum absolute atomic E-state index is 0.0519. The van der Waals surface area contributed by atoms with Crippen molar-refractivity contribution in [1.29, 1.82) is 0 Å². The summed E-state index contributed by atoms with van der Waals surface area (Å²) in [4.78, 5) is 14.6. The second-order valence-electron chi connectivity index (χ2n) is 3.76. The maximum Gasteiger partial charge on any atom is 0.265 e. The number of aliphatic hydroxyl groups is 1. The summed E-state index contributed by atoms with van der Waals surface area (Å²) >= 11 is 1.35. The van der Waals surface area contributed by atoms with E-state index in [-0.39, 0.29) is 12.5 Å². The zero-order valence-corrected chi connectivity index (χ0v) is 11.4. The summed E-state index contributed by atoms with van der Waals surface area (Å²) in [5.41, 5.74) is 0.658. The maximum atomic E-state index is 12.3. The number of amides is 1. The largest absolute Gasteiger partial charge is 0.384 e. The molecule has 1 fully saturated rings. The molecule has 1 aromatic rings. The van der Waals surface area contributed by atoms with Crippen molar-refractivity contribution in [2.75, 3.05) is 31.2 Å². The molecule has 0 aliphatic carbocycles. The van der Waals surface area contributed by atoms with Crippen LogP contribution in [0.25, 0.3) is 0 Å². The lowest BCUT2D eigenvalue weighted by molar-refractivity contribution is 0.0776. The molecule has 0 saturated carbocycles. The molecule has 1 aliphatic heterocycles. The topological polar surface area (TPSA) is 57.6 Å². The Morgan fingerprint density at radius 3 is 2.89 bits per heavy atom. The van der Waals surface area contributed by atoms with E-state index in [1.807, 2.05) is 5.38 Å². The van der Waals surface area contributed by atoms with Crippen LogP contribution < -0.4 is 0 Å². The zero-order valence-electron chi connectivity index (χ0n) is 9.72. The van der Waals surface area contributed by atoms with Crippen LogP contribution in [-0.2, 0) is 10.8 Å². The van der Waals surface area contributed by atoms with Crippen LogP contribution in [0.3, 0.4) is 0 Å². The van der Waals surface area contributed by atoms with Crippen LogP contribution in [0.2, 0.25) is 0 Å². The summed E-state index contributed by atoms with van der Waals surface area (Å²) in [7, 11) is -0.786. The normalized spacial score (nSPS) is 16.2. The molecule has 1 N–H and O–H groups in total. The van der Waals surface area contributed by atoms with Crippen LogP contribution in [0.5, 0.6) is 0 Å². The Balaban J connectivity index is 2.14. The van der Waals surface area contributed by atoms with Crippen molar-refractivity contribution in [2.24, 2.45) is 0 Å². The van der Waals surface area contributed by atoms with E-state index in [0.29, 0.717) is 35.0 Å². The van der Waals surface area contributed by atoms with Gasteiger partial charge in [0, 0.05) is 41.0 Å². The minimum Gasteiger partial charge on any atom is -0.384 e. The van der Waals surface area contributed by atoms with Gasteiger partial charge in [0.05, 0.1) is 0 Å². The Labute approximate surface area is 112 Å². The van der Waals surface area contributed by atoms with Gasteiger partial charge in [-0.2, -0.15) is 0 Å². The van der Waals surface area contributed by atoms with Gasteiger partial charge >= 0.3 is 0 Å². The average molecular weight is 283 g/mol. The van der Waals surface area contributed by atoms with Gasteiger partial charge in [-0.05, 0) is 11.4 Å². The molecule has 0 unspecified atom stereocenters. The van der Waals surface area contributed by atoms with E-state index in [4.69, 9.17) is 5.11 Å². The van der Waals surface area contributed by atoms with Gasteiger partial charge in [0.25, 0.3) is 5.91 Å². The van der Waals surface area contributed by atoms with E-state index in [0.717, 1.165) is 0 Å². The van der Waals surface area contributed by atoms with E-state index in [1.165, 1.54) is 11.3 Å². The van der Waals surface area contributed by atoms with Crippen LogP contribution in [0, 0.1) is 11.8 Å². The highest BCUT2D eigenvalue weighted by atomic mass is 32.2. The van der Waals surface area contributed by atoms with Crippen LogP contribution in [0.1, 0.15) is 15.2 Å². The zero-order chi connectivity index (χ0) is 13.0. The first kappa shape index (κ1) is 13.3. The molecule has 2 heterocycles. The van der Waals surface area contributed by atoms with Crippen LogP contribution >= 0.6 is 11.3 Å². The van der Waals surface area contributed by atoms with Gasteiger partial charge in [0.1, 0.15) is 11.5 Å². The Hall–Kier alpha value is -1.16. The SMILES string of the molecule is O=C(c1sccc1C#CCO)N1CCS(=O)CC1. The first-order valence-corrected chi connectivity index (χ1v) is 7.90. The van der Waals surface area contributed by atoms with Crippen molar-refractivity contribution in [1.82, 2.24) is 4.90 Å². The lowest BCUT2D eigenvalue weighted by Gasteiger charge is -2.25. The van der Waals surface area contributed by atoms with E-state index in [1.54, 1.807) is 11.0 Å². The molecule has 1 aromatic heterocycles. The first-order chi connectivity index (χ1) is 8.72. The molecule has 18 heavy (non-hydrogen) atoms. The second-order valence-corrected chi connectivity index (χ2v) is 6.38. The second kappa shape index (κ2) is 6.14. The maximum absolute atomic E-state index is 12.3. The third kappa shape index (κ3) is 2.99. The predicted molar refractivity (Wildman–Crippen MR) is 72.1 cm³/mol. The monoisotopic (exact) mass is 283 g/mol. The van der Waals surface area contributed by atoms with Gasteiger partial charge in [-0.25, -0.2) is 0 Å². The summed E-state index contributed by atoms with van der Waals surface area (Å²) in [6, 6.07) is 1.78. The third-order valence-corrected chi connectivity index (χ3v) is 4.80. The fraction of sp³-hybridized carbons (Fsp3) is 0.417. The molecule has 0 bridgehead atoms. The number of carbonyl (C=O) groups excluding carboxylic acids is 1. The molecular weight excluding hydrogens is 270 g/mol. The molecular formula is C12H13NO3S2. The molecule has 96 valence electrons. The van der Waals surface area contributed by atoms with E-state index < -0.39 is 10.8 Å². The van der Waals surface area contributed by atoms with Gasteiger partial charge in [0.15, 0.2) is 0 Å². The standard InChI is InChI=1S/C12H13NO3S2/c14-6-1-2-10-3-7-17-11(10)12(15)13-4-8-18(16)9-5-13/h3,7,14H,4-6,8-9H2. The van der Waals surface area contributed by atoms with Crippen LogP contribution in [0.4, 0.5) is 0 Å². The number of thiophene rings is 1. The number of hydrogen-bond acceptors (Lipinski definition) is 4. The van der Waals surface area contributed by atoms with Crippen LogP contribution in [-0.4, -0.2) is 51.3 Å². The van der Waals surface area contributed by atoms with Gasteiger partial charge in [0.2, 0.25) is 0 Å². The molecule has 0 radical (unpaired) electrons. The van der Waals surface area contributed by atoms with E-state index in [9.17, 15) is 9.00 Å². The van der Waals surface area contributed by atoms with E-state index >= 15 is 0 Å². The minimum atomic E-state index is -0.786. The molecule has 6 heteroatoms. The van der Waals surface area contributed by atoms with Gasteiger partial charge in [-0.3, -0.25) is 9.00 Å². The molecule has 2 rings (SSSR count). The fourth-order valence-electron chi connectivity index (χ4n) is 1.69. The predicted octanol–water partition coefficient (Wildman–Crippen LogP) is 0.296. The highest BCUT2D eigenvalue weighted by Gasteiger charge is 2.23. The fourth-order valence-corrected chi connectivity index (χ4v) is 3.56. The molecule has 0 spiro atoms. The molecule has 0 aromatic carbocycles. The van der Waals surface area contributed by atoms with Crippen molar-refractivity contribution in [3.8, 4) is 11.8 Å². The van der Waals surface area contributed by atoms with Gasteiger partial charge < -0.3 is 10.0 Å². The van der Waals surface area contributed by atoms with Crippen LogP contribution in [0.15, 0.2) is 11.4 Å². The third-order valence-electron chi connectivity index (χ3n) is 2.63. The lowest BCUT2D eigenvalue weighted by Crippen LogP contribution is -2.41. The number of nitrogens with zero attached hydrogens (tertiary/aromatic N) is 1. The number of rotatable bonds is 1. The lowest BCUT2D eigenvalue weighted by atomic mass is 10.2. The summed E-state index contributed by atoms with van der Waals surface area (Å²) in [6.07, 6.45) is 0. The van der Waals surface area contributed by atoms with Crippen molar-refractivity contribution < 1.29 is 14.1 Å². The summed E-state index contributed by atoms with van der Waals surface area (Å²) in [5, 5.41) is 10.5. The Kier molecular flexibility index (Phi) is 4.53. The molecule has 0 atom stereocenters. The Morgan fingerprint density at radius 1 is 1.50 bits per heavy atom. The Bertz CT molecular complexity index is 517. The Morgan fingerprint density at radius 2 is 2.22 bits per heavy atom. The van der Waals surface area contributed by atoms with Crippen molar-refractivity contribution in [3.05, 3.63) is 21.9 Å². The summed E-state index contributed by atoms with van der Waals surface area (Å²) in [6.45, 7) is 0.860. The highest BCUT2D eigenvalue weighted by Crippen LogP contribution is 2.19. The van der Waals surface area contributed by atoms with Crippen molar-refractivity contribution in [2.45, 2.75) is 0 Å². The number of aliphatic hydroxyl groups excluding tert-OH is 1. The number of hydrogen-bond donors (Lipinski definition) is 1. The first-order valence-electron chi connectivity index (χ1n) is 5.54. The molecule has 1 amide bonds. The summed E-state index contributed by atoms with van der Waals surface area (Å²) in [5.74, 6) is 6.37. The average Bonchev–Trinajstić information content (AvgIpc) is 2.84. The smallest absolute Gasteiger partial charge is 0.265 e. The molecule has 1 aliphatic rings. The number of carbonyl (C=O) groups is 1. The molecule has 1 saturated heterocycles. The van der Waals surface area contributed by atoms with Crippen molar-refractivity contribution in [3.63, 3.8) is 0 Å². The quantitative estimate of drug-likeness (QED) is 0.754. The van der Waals surface area contributed by atoms with Crippen molar-refractivity contribution >= 4 is 28.0 Å². The van der Waals surface area contributed by atoms with Gasteiger partial charge in [-0.1, -0.05) is 11.8 Å². The highest BCUT2D eigenvalue weighted by molar-refractivity contribution is 7.85. The van der Waals surface area contributed by atoms with Gasteiger partial charge in [-0.15, -0.1) is 11.3 Å².